The number of rotatable bonds is 4. The molecule has 4 aromatic heterocycles. The summed E-state index contributed by atoms with van der Waals surface area (Å²) in [6.07, 6.45) is 4.83. The third-order valence-electron chi connectivity index (χ3n) is 3.81. The maximum absolute atomic E-state index is 5.78. The van der Waals surface area contributed by atoms with E-state index in [4.69, 9.17) is 4.42 Å². The quantitative estimate of drug-likeness (QED) is 0.442. The van der Waals surface area contributed by atoms with E-state index in [1.807, 2.05) is 48.5 Å². The van der Waals surface area contributed by atoms with Crippen LogP contribution >= 0.6 is 11.8 Å². The van der Waals surface area contributed by atoms with E-state index in [1.54, 1.807) is 16.9 Å². The molecule has 0 unspecified atom stereocenters. The van der Waals surface area contributed by atoms with Crippen molar-refractivity contribution in [3.8, 4) is 22.7 Å². The highest BCUT2D eigenvalue weighted by Crippen LogP contribution is 2.31. The third kappa shape index (κ3) is 3.04. The number of hydrogen-bond donors (Lipinski definition) is 0. The lowest BCUT2D eigenvalue weighted by Gasteiger charge is -2.05. The van der Waals surface area contributed by atoms with Crippen LogP contribution in [-0.4, -0.2) is 34.8 Å². The van der Waals surface area contributed by atoms with Crippen LogP contribution in [0.5, 0.6) is 0 Å². The van der Waals surface area contributed by atoms with Gasteiger partial charge >= 0.3 is 0 Å². The highest BCUT2D eigenvalue weighted by Gasteiger charge is 2.15. The van der Waals surface area contributed by atoms with E-state index >= 15 is 0 Å². The summed E-state index contributed by atoms with van der Waals surface area (Å²) in [5, 5.41) is 13.7. The number of pyridine rings is 1. The molecule has 0 saturated heterocycles. The summed E-state index contributed by atoms with van der Waals surface area (Å²) in [5.74, 6) is 0.944. The van der Waals surface area contributed by atoms with Crippen LogP contribution in [0.1, 0.15) is 0 Å². The van der Waals surface area contributed by atoms with Crippen LogP contribution < -0.4 is 0 Å². The zero-order valence-corrected chi connectivity index (χ0v) is 14.6. The fourth-order valence-corrected chi connectivity index (χ4v) is 3.33. The molecule has 8 nitrogen and oxygen atoms in total. The molecule has 27 heavy (non-hydrogen) atoms. The third-order valence-corrected chi connectivity index (χ3v) is 4.65. The van der Waals surface area contributed by atoms with Crippen LogP contribution in [0.3, 0.4) is 0 Å². The molecular weight excluding hydrogens is 362 g/mol. The molecule has 0 atom stereocenters. The molecule has 0 N–H and O–H groups in total. The van der Waals surface area contributed by atoms with Gasteiger partial charge in [-0.3, -0.25) is 4.98 Å². The highest BCUT2D eigenvalue weighted by molar-refractivity contribution is 7.99. The molecule has 4 heterocycles. The molecule has 0 spiro atoms. The minimum atomic E-state index is 0.406. The van der Waals surface area contributed by atoms with E-state index in [2.05, 4.69) is 30.2 Å². The van der Waals surface area contributed by atoms with Crippen LogP contribution in [0.15, 0.2) is 81.9 Å². The first-order chi connectivity index (χ1) is 13.4. The number of nitrogens with zero attached hydrogens (tertiary/aromatic N) is 7. The summed E-state index contributed by atoms with van der Waals surface area (Å²) in [7, 11) is 0. The van der Waals surface area contributed by atoms with Crippen molar-refractivity contribution in [2.24, 2.45) is 0 Å². The minimum absolute atomic E-state index is 0.406. The first-order valence-corrected chi connectivity index (χ1v) is 8.86. The van der Waals surface area contributed by atoms with Crippen LogP contribution in [0.2, 0.25) is 0 Å². The van der Waals surface area contributed by atoms with Gasteiger partial charge in [-0.2, -0.15) is 14.6 Å². The Balaban J connectivity index is 1.53. The molecule has 0 aliphatic carbocycles. The highest BCUT2D eigenvalue weighted by atomic mass is 32.2. The summed E-state index contributed by atoms with van der Waals surface area (Å²) >= 11 is 1.31. The lowest BCUT2D eigenvalue weighted by Crippen LogP contribution is -1.97. The van der Waals surface area contributed by atoms with Gasteiger partial charge < -0.3 is 4.42 Å². The van der Waals surface area contributed by atoms with Gasteiger partial charge in [0.25, 0.3) is 11.0 Å². The van der Waals surface area contributed by atoms with Gasteiger partial charge in [0, 0.05) is 23.5 Å². The number of aromatic nitrogens is 7. The van der Waals surface area contributed by atoms with Crippen LogP contribution in [0, 0.1) is 0 Å². The van der Waals surface area contributed by atoms with Gasteiger partial charge in [0.2, 0.25) is 5.89 Å². The standard InChI is InChI=1S/C18H11N7OS/c1-2-4-12(5-3-1)14-10-15(25-17(22-14)20-11-21-25)27-18-24-23-16(26-18)13-6-8-19-9-7-13/h1-11H. The molecule has 0 amide bonds. The van der Waals surface area contributed by atoms with E-state index in [1.165, 1.54) is 18.1 Å². The molecule has 5 aromatic rings. The van der Waals surface area contributed by atoms with Gasteiger partial charge in [-0.05, 0) is 30.0 Å². The van der Waals surface area contributed by atoms with Gasteiger partial charge in [0.15, 0.2) is 0 Å². The van der Waals surface area contributed by atoms with Crippen molar-refractivity contribution in [1.82, 2.24) is 34.8 Å². The molecule has 0 saturated carbocycles. The van der Waals surface area contributed by atoms with Crippen molar-refractivity contribution >= 4 is 17.5 Å². The van der Waals surface area contributed by atoms with E-state index < -0.39 is 0 Å². The minimum Gasteiger partial charge on any atom is -0.411 e. The first-order valence-electron chi connectivity index (χ1n) is 8.05. The molecule has 0 fully saturated rings. The molecule has 0 bridgehead atoms. The summed E-state index contributed by atoms with van der Waals surface area (Å²) in [5.41, 5.74) is 2.61. The smallest absolute Gasteiger partial charge is 0.283 e. The Bertz CT molecular complexity index is 1200. The van der Waals surface area contributed by atoms with Gasteiger partial charge in [-0.15, -0.1) is 10.2 Å². The van der Waals surface area contributed by atoms with Crippen LogP contribution in [0.25, 0.3) is 28.5 Å². The maximum Gasteiger partial charge on any atom is 0.283 e. The number of fused-ring (bicyclic) bond motifs is 1. The number of benzene rings is 1. The molecule has 130 valence electrons. The SMILES string of the molecule is c1ccc(-c2cc(Sc3nnc(-c4ccncc4)o3)n3ncnc3n2)cc1. The van der Waals surface area contributed by atoms with Gasteiger partial charge in [-0.1, -0.05) is 30.3 Å². The summed E-state index contributed by atoms with van der Waals surface area (Å²) < 4.78 is 7.42. The van der Waals surface area contributed by atoms with Crippen molar-refractivity contribution in [3.05, 3.63) is 67.3 Å². The largest absolute Gasteiger partial charge is 0.411 e. The average molecular weight is 373 g/mol. The van der Waals surface area contributed by atoms with E-state index in [9.17, 15) is 0 Å². The summed E-state index contributed by atoms with van der Waals surface area (Å²) in [6, 6.07) is 15.5. The zero-order valence-electron chi connectivity index (χ0n) is 13.8. The molecule has 0 aliphatic rings. The van der Waals surface area contributed by atoms with Crippen molar-refractivity contribution in [2.45, 2.75) is 10.2 Å². The lowest BCUT2D eigenvalue weighted by atomic mass is 10.1. The molecule has 0 aliphatic heterocycles. The van der Waals surface area contributed by atoms with Gasteiger partial charge in [0.05, 0.1) is 5.69 Å². The summed E-state index contributed by atoms with van der Waals surface area (Å²) in [6.45, 7) is 0. The monoisotopic (exact) mass is 373 g/mol. The lowest BCUT2D eigenvalue weighted by molar-refractivity contribution is 0.465. The molecule has 9 heteroatoms. The maximum atomic E-state index is 5.78. The van der Waals surface area contributed by atoms with E-state index in [0.717, 1.165) is 21.8 Å². The zero-order chi connectivity index (χ0) is 18.1. The van der Waals surface area contributed by atoms with Crippen LogP contribution in [-0.2, 0) is 0 Å². The van der Waals surface area contributed by atoms with Crippen molar-refractivity contribution in [1.29, 1.82) is 0 Å². The molecule has 1 aromatic carbocycles. The predicted molar refractivity (Wildman–Crippen MR) is 97.9 cm³/mol. The van der Waals surface area contributed by atoms with Crippen molar-refractivity contribution < 1.29 is 4.42 Å². The fourth-order valence-electron chi connectivity index (χ4n) is 2.57. The Hall–Kier alpha value is -3.59. The second-order valence-corrected chi connectivity index (χ2v) is 6.50. The first kappa shape index (κ1) is 15.6. The Morgan fingerprint density at radius 1 is 0.926 bits per heavy atom. The second-order valence-electron chi connectivity index (χ2n) is 5.53. The predicted octanol–water partition coefficient (Wildman–Crippen LogP) is 3.39. The fraction of sp³-hybridized carbons (Fsp3) is 0. The Morgan fingerprint density at radius 2 is 1.78 bits per heavy atom. The molecule has 0 radical (unpaired) electrons. The van der Waals surface area contributed by atoms with Crippen LogP contribution in [0.4, 0.5) is 0 Å². The van der Waals surface area contributed by atoms with Gasteiger partial charge in [0.1, 0.15) is 11.4 Å². The van der Waals surface area contributed by atoms with E-state index in [0.29, 0.717) is 16.9 Å². The number of hydrogen-bond acceptors (Lipinski definition) is 8. The second kappa shape index (κ2) is 6.61. The topological polar surface area (TPSA) is 94.9 Å². The molecule has 5 rings (SSSR count). The van der Waals surface area contributed by atoms with Gasteiger partial charge in [-0.25, -0.2) is 4.98 Å². The van der Waals surface area contributed by atoms with Crippen molar-refractivity contribution in [3.63, 3.8) is 0 Å². The Morgan fingerprint density at radius 3 is 2.63 bits per heavy atom. The average Bonchev–Trinajstić information content (AvgIpc) is 3.39. The van der Waals surface area contributed by atoms with E-state index in [-0.39, 0.29) is 0 Å². The van der Waals surface area contributed by atoms with Crippen molar-refractivity contribution in [2.75, 3.05) is 0 Å². The Labute approximate surface area is 157 Å². The Kier molecular flexibility index (Phi) is 3.83. The normalized spacial score (nSPS) is 11.1. The summed E-state index contributed by atoms with van der Waals surface area (Å²) in [4.78, 5) is 12.8. The molecular formula is C18H11N7OS.